The third-order valence-electron chi connectivity index (χ3n) is 2.55. The summed E-state index contributed by atoms with van der Waals surface area (Å²) in [4.78, 5) is 0. The quantitative estimate of drug-likeness (QED) is 0.847. The summed E-state index contributed by atoms with van der Waals surface area (Å²) in [6.07, 6.45) is 0. The van der Waals surface area contributed by atoms with Crippen LogP contribution in [0.2, 0.25) is 0 Å². The Morgan fingerprint density at radius 1 is 0.941 bits per heavy atom. The van der Waals surface area contributed by atoms with Crippen LogP contribution in [0.15, 0.2) is 46.9 Å². The van der Waals surface area contributed by atoms with E-state index in [9.17, 15) is 0 Å². The van der Waals surface area contributed by atoms with Gasteiger partial charge in [-0.2, -0.15) is 0 Å². The number of ether oxygens (including phenoxy) is 2. The van der Waals surface area contributed by atoms with Crippen molar-refractivity contribution in [3.63, 3.8) is 0 Å². The molecule has 0 atom stereocenters. The summed E-state index contributed by atoms with van der Waals surface area (Å²) in [5.41, 5.74) is 2.18. The molecule has 0 aliphatic rings. The molecule has 0 fully saturated rings. The summed E-state index contributed by atoms with van der Waals surface area (Å²) in [7, 11) is 3.30. The van der Waals surface area contributed by atoms with E-state index in [1.165, 1.54) is 0 Å². The van der Waals surface area contributed by atoms with Gasteiger partial charge in [-0.15, -0.1) is 0 Å². The van der Waals surface area contributed by atoms with Gasteiger partial charge in [0.15, 0.2) is 0 Å². The Balaban J connectivity index is 2.60. The van der Waals surface area contributed by atoms with Crippen LogP contribution in [0.3, 0.4) is 0 Å². The third-order valence-corrected chi connectivity index (χ3v) is 3.37. The molecule has 0 aromatic heterocycles. The predicted molar refractivity (Wildman–Crippen MR) is 72.7 cm³/mol. The molecule has 2 nitrogen and oxygen atoms in total. The van der Waals surface area contributed by atoms with Crippen molar-refractivity contribution in [2.24, 2.45) is 0 Å². The van der Waals surface area contributed by atoms with Crippen LogP contribution >= 0.6 is 15.9 Å². The molecule has 0 saturated heterocycles. The highest BCUT2D eigenvalue weighted by Crippen LogP contribution is 2.39. The van der Waals surface area contributed by atoms with Crippen LogP contribution in [0.5, 0.6) is 11.5 Å². The van der Waals surface area contributed by atoms with Crippen molar-refractivity contribution >= 4 is 15.9 Å². The van der Waals surface area contributed by atoms with E-state index < -0.39 is 0 Å². The van der Waals surface area contributed by atoms with Crippen molar-refractivity contribution < 1.29 is 9.47 Å². The van der Waals surface area contributed by atoms with E-state index >= 15 is 0 Å². The smallest absolute Gasteiger partial charge is 0.137 e. The lowest BCUT2D eigenvalue weighted by atomic mass is 10.1. The van der Waals surface area contributed by atoms with Gasteiger partial charge in [-0.1, -0.05) is 30.3 Å². The summed E-state index contributed by atoms with van der Waals surface area (Å²) in [6, 6.07) is 14.0. The maximum atomic E-state index is 5.32. The van der Waals surface area contributed by atoms with Crippen LogP contribution in [0, 0.1) is 0 Å². The Morgan fingerprint density at radius 3 is 2.24 bits per heavy atom. The van der Waals surface area contributed by atoms with E-state index in [4.69, 9.17) is 9.47 Å². The van der Waals surface area contributed by atoms with Gasteiger partial charge in [-0.3, -0.25) is 0 Å². The van der Waals surface area contributed by atoms with Gasteiger partial charge >= 0.3 is 0 Å². The number of rotatable bonds is 3. The third kappa shape index (κ3) is 2.44. The van der Waals surface area contributed by atoms with Crippen LogP contribution in [-0.2, 0) is 0 Å². The zero-order valence-corrected chi connectivity index (χ0v) is 11.3. The molecule has 0 heterocycles. The number of hydrogen-bond acceptors (Lipinski definition) is 2. The van der Waals surface area contributed by atoms with Crippen molar-refractivity contribution in [1.82, 2.24) is 0 Å². The highest BCUT2D eigenvalue weighted by atomic mass is 79.9. The molecule has 0 spiro atoms. The van der Waals surface area contributed by atoms with Gasteiger partial charge in [0.05, 0.1) is 18.7 Å². The fourth-order valence-electron chi connectivity index (χ4n) is 1.67. The molecule has 3 heteroatoms. The van der Waals surface area contributed by atoms with Crippen LogP contribution in [-0.4, -0.2) is 14.2 Å². The topological polar surface area (TPSA) is 18.5 Å². The number of halogens is 1. The molecule has 17 heavy (non-hydrogen) atoms. The van der Waals surface area contributed by atoms with E-state index in [2.05, 4.69) is 28.1 Å². The lowest BCUT2D eigenvalue weighted by molar-refractivity contribution is 0.393. The molecule has 0 unspecified atom stereocenters. The van der Waals surface area contributed by atoms with Crippen molar-refractivity contribution in [3.8, 4) is 22.6 Å². The Kier molecular flexibility index (Phi) is 3.69. The van der Waals surface area contributed by atoms with Gasteiger partial charge in [0, 0.05) is 11.6 Å². The first-order chi connectivity index (χ1) is 8.26. The second kappa shape index (κ2) is 5.23. The molecule has 0 N–H and O–H groups in total. The Labute approximate surface area is 109 Å². The Bertz CT molecular complexity index is 509. The second-order valence-electron chi connectivity index (χ2n) is 3.56. The van der Waals surface area contributed by atoms with Crippen LogP contribution < -0.4 is 9.47 Å². The van der Waals surface area contributed by atoms with Gasteiger partial charge in [-0.25, -0.2) is 0 Å². The predicted octanol–water partition coefficient (Wildman–Crippen LogP) is 4.13. The zero-order chi connectivity index (χ0) is 12.3. The maximum absolute atomic E-state index is 5.32. The highest BCUT2D eigenvalue weighted by Gasteiger charge is 2.11. The lowest BCUT2D eigenvalue weighted by Gasteiger charge is -2.12. The fraction of sp³-hybridized carbons (Fsp3) is 0.143. The first-order valence-corrected chi connectivity index (χ1v) is 6.02. The summed E-state index contributed by atoms with van der Waals surface area (Å²) in [5, 5.41) is 0. The molecule has 2 aromatic carbocycles. The fourth-order valence-corrected chi connectivity index (χ4v) is 2.29. The van der Waals surface area contributed by atoms with E-state index in [1.54, 1.807) is 14.2 Å². The number of hydrogen-bond donors (Lipinski definition) is 0. The standard InChI is InChI=1S/C14H13BrO2/c1-16-11-8-12(10-6-4-3-5-7-10)14(15)13(9-11)17-2/h3-9H,1-2H3. The summed E-state index contributed by atoms with van der Waals surface area (Å²) >= 11 is 3.56. The molecule has 0 bridgehead atoms. The monoisotopic (exact) mass is 292 g/mol. The highest BCUT2D eigenvalue weighted by molar-refractivity contribution is 9.10. The van der Waals surface area contributed by atoms with Crippen LogP contribution in [0.1, 0.15) is 0 Å². The molecule has 2 rings (SSSR count). The molecular formula is C14H13BrO2. The molecule has 2 aromatic rings. The Morgan fingerprint density at radius 2 is 1.65 bits per heavy atom. The average molecular weight is 293 g/mol. The number of methoxy groups -OCH3 is 2. The summed E-state index contributed by atoms with van der Waals surface area (Å²) < 4.78 is 11.5. The summed E-state index contributed by atoms with van der Waals surface area (Å²) in [6.45, 7) is 0. The van der Waals surface area contributed by atoms with Gasteiger partial charge < -0.3 is 9.47 Å². The van der Waals surface area contributed by atoms with E-state index in [0.717, 1.165) is 27.1 Å². The lowest BCUT2D eigenvalue weighted by Crippen LogP contribution is -1.91. The van der Waals surface area contributed by atoms with Crippen LogP contribution in [0.25, 0.3) is 11.1 Å². The summed E-state index contributed by atoms with van der Waals surface area (Å²) in [5.74, 6) is 1.55. The van der Waals surface area contributed by atoms with Gasteiger partial charge in [0.25, 0.3) is 0 Å². The van der Waals surface area contributed by atoms with Gasteiger partial charge in [0.2, 0.25) is 0 Å². The Hall–Kier alpha value is -1.48. The molecule has 0 radical (unpaired) electrons. The largest absolute Gasteiger partial charge is 0.497 e. The van der Waals surface area contributed by atoms with Crippen molar-refractivity contribution in [1.29, 1.82) is 0 Å². The minimum Gasteiger partial charge on any atom is -0.497 e. The van der Waals surface area contributed by atoms with Gasteiger partial charge in [-0.05, 0) is 27.6 Å². The minimum absolute atomic E-state index is 0.767. The second-order valence-corrected chi connectivity index (χ2v) is 4.35. The molecule has 0 aliphatic heterocycles. The first kappa shape index (κ1) is 12.0. The van der Waals surface area contributed by atoms with E-state index in [1.807, 2.05) is 30.3 Å². The van der Waals surface area contributed by atoms with Gasteiger partial charge in [0.1, 0.15) is 11.5 Å². The maximum Gasteiger partial charge on any atom is 0.137 e. The van der Waals surface area contributed by atoms with E-state index in [-0.39, 0.29) is 0 Å². The molecular weight excluding hydrogens is 280 g/mol. The van der Waals surface area contributed by atoms with Crippen molar-refractivity contribution in [3.05, 3.63) is 46.9 Å². The van der Waals surface area contributed by atoms with Crippen LogP contribution in [0.4, 0.5) is 0 Å². The molecule has 88 valence electrons. The van der Waals surface area contributed by atoms with Crippen molar-refractivity contribution in [2.75, 3.05) is 14.2 Å². The number of benzene rings is 2. The molecule has 0 saturated carbocycles. The first-order valence-electron chi connectivity index (χ1n) is 5.23. The SMILES string of the molecule is COc1cc(OC)c(Br)c(-c2ccccc2)c1. The average Bonchev–Trinajstić information content (AvgIpc) is 2.40. The van der Waals surface area contributed by atoms with E-state index in [0.29, 0.717) is 0 Å². The molecule has 0 aliphatic carbocycles. The molecule has 0 amide bonds. The van der Waals surface area contributed by atoms with Crippen molar-refractivity contribution in [2.45, 2.75) is 0 Å². The zero-order valence-electron chi connectivity index (χ0n) is 9.74. The minimum atomic E-state index is 0.767. The normalized spacial score (nSPS) is 10.1.